The zero-order valence-corrected chi connectivity index (χ0v) is 21.2. The van der Waals surface area contributed by atoms with Crippen LogP contribution in [0.3, 0.4) is 0 Å². The molecule has 7 nitrogen and oxygen atoms in total. The van der Waals surface area contributed by atoms with Crippen molar-refractivity contribution in [2.45, 2.75) is 30.9 Å². The number of rotatable bonds is 5. The van der Waals surface area contributed by atoms with Crippen molar-refractivity contribution in [3.8, 4) is 16.1 Å². The number of nitrogens with zero attached hydrogens (tertiary/aromatic N) is 4. The predicted molar refractivity (Wildman–Crippen MR) is 134 cm³/mol. The Kier molecular flexibility index (Phi) is 6.03. The molecule has 12 heteroatoms. The molecular formula is C25H19F3N4O3S2. The third-order valence-corrected chi connectivity index (χ3v) is 8.52. The van der Waals surface area contributed by atoms with Crippen molar-refractivity contribution < 1.29 is 21.6 Å². The van der Waals surface area contributed by atoms with Gasteiger partial charge < -0.3 is 0 Å². The van der Waals surface area contributed by atoms with Crippen LogP contribution < -0.4 is 5.56 Å². The Labute approximate surface area is 213 Å². The minimum atomic E-state index is -4.60. The summed E-state index contributed by atoms with van der Waals surface area (Å²) in [6.45, 7) is 3.23. The highest BCUT2D eigenvalue weighted by Gasteiger charge is 2.33. The van der Waals surface area contributed by atoms with Gasteiger partial charge in [0, 0.05) is 22.1 Å². The summed E-state index contributed by atoms with van der Waals surface area (Å²) >= 11 is 1.54. The number of fused-ring (bicyclic) bond motifs is 1. The Morgan fingerprint density at radius 2 is 1.70 bits per heavy atom. The standard InChI is InChI=1S/C25H19F3N4O3S2/c1-15-10-11-21(36-15)18-7-4-3-6-17(18)14-37(34,35)24-30-29-22-23(33)31(12-13-32(22)24)20-9-5-8-19(16(20)2)25(26,27)28/h3-13H,14H2,1-2H3. The second kappa shape index (κ2) is 8.96. The summed E-state index contributed by atoms with van der Waals surface area (Å²) in [4.78, 5) is 15.2. The molecule has 37 heavy (non-hydrogen) atoms. The summed E-state index contributed by atoms with van der Waals surface area (Å²) in [5.41, 5.74) is -0.784. The van der Waals surface area contributed by atoms with Gasteiger partial charge in [-0.25, -0.2) is 8.42 Å². The van der Waals surface area contributed by atoms with Crippen LogP contribution in [0.1, 0.15) is 21.6 Å². The molecule has 2 aromatic carbocycles. The number of hydrogen-bond donors (Lipinski definition) is 0. The fourth-order valence-electron chi connectivity index (χ4n) is 4.19. The van der Waals surface area contributed by atoms with Crippen LogP contribution >= 0.6 is 11.3 Å². The lowest BCUT2D eigenvalue weighted by atomic mass is 10.1. The smallest absolute Gasteiger partial charge is 0.279 e. The molecule has 0 spiro atoms. The molecule has 190 valence electrons. The maximum Gasteiger partial charge on any atom is 0.416 e. The van der Waals surface area contributed by atoms with Crippen molar-refractivity contribution in [3.63, 3.8) is 0 Å². The van der Waals surface area contributed by atoms with E-state index in [2.05, 4.69) is 10.2 Å². The molecule has 0 bridgehead atoms. The lowest BCUT2D eigenvalue weighted by molar-refractivity contribution is -0.138. The Bertz CT molecular complexity index is 1820. The first-order valence-corrected chi connectivity index (χ1v) is 13.5. The van der Waals surface area contributed by atoms with Crippen LogP contribution in [0.5, 0.6) is 0 Å². The van der Waals surface area contributed by atoms with Crippen LogP contribution in [0.25, 0.3) is 21.8 Å². The summed E-state index contributed by atoms with van der Waals surface area (Å²) in [7, 11) is -4.05. The molecule has 0 aliphatic rings. The predicted octanol–water partition coefficient (Wildman–Crippen LogP) is 5.22. The molecule has 3 aromatic heterocycles. The quantitative estimate of drug-likeness (QED) is 0.303. The Hall–Kier alpha value is -3.77. The van der Waals surface area contributed by atoms with Crippen LogP contribution in [0.2, 0.25) is 0 Å². The molecule has 5 aromatic rings. The molecule has 0 aliphatic heterocycles. The summed E-state index contributed by atoms with van der Waals surface area (Å²) in [6, 6.07) is 14.5. The van der Waals surface area contributed by atoms with E-state index in [-0.39, 0.29) is 22.7 Å². The first-order chi connectivity index (χ1) is 17.5. The third kappa shape index (κ3) is 4.46. The monoisotopic (exact) mass is 544 g/mol. The van der Waals surface area contributed by atoms with Gasteiger partial charge in [-0.2, -0.15) is 13.2 Å². The van der Waals surface area contributed by atoms with Crippen LogP contribution in [-0.4, -0.2) is 27.6 Å². The normalized spacial score (nSPS) is 12.4. The number of alkyl halides is 3. The van der Waals surface area contributed by atoms with Crippen LogP contribution in [0.4, 0.5) is 13.2 Å². The molecule has 0 atom stereocenters. The van der Waals surface area contributed by atoms with Gasteiger partial charge in [0.1, 0.15) is 0 Å². The Morgan fingerprint density at radius 3 is 2.41 bits per heavy atom. The van der Waals surface area contributed by atoms with Gasteiger partial charge in [0.25, 0.3) is 5.16 Å². The van der Waals surface area contributed by atoms with Gasteiger partial charge in [0.2, 0.25) is 15.5 Å². The Morgan fingerprint density at radius 1 is 0.946 bits per heavy atom. The van der Waals surface area contributed by atoms with Gasteiger partial charge in [0.05, 0.1) is 17.0 Å². The molecule has 0 saturated heterocycles. The second-order valence-corrected chi connectivity index (χ2v) is 11.6. The van der Waals surface area contributed by atoms with E-state index in [9.17, 15) is 26.4 Å². The molecule has 3 heterocycles. The Balaban J connectivity index is 1.57. The van der Waals surface area contributed by atoms with Gasteiger partial charge in [-0.1, -0.05) is 30.3 Å². The fourth-order valence-corrected chi connectivity index (χ4v) is 6.53. The van der Waals surface area contributed by atoms with E-state index >= 15 is 0 Å². The molecule has 0 amide bonds. The van der Waals surface area contributed by atoms with Crippen molar-refractivity contribution in [2.24, 2.45) is 0 Å². The molecule has 0 radical (unpaired) electrons. The number of aromatic nitrogens is 4. The number of sulfone groups is 1. The van der Waals surface area contributed by atoms with Crippen molar-refractivity contribution >= 4 is 26.8 Å². The van der Waals surface area contributed by atoms with E-state index in [1.54, 1.807) is 23.5 Å². The number of aryl methyl sites for hydroxylation is 1. The molecule has 0 saturated carbocycles. The van der Waals surface area contributed by atoms with Crippen molar-refractivity contribution in [1.29, 1.82) is 0 Å². The first-order valence-electron chi connectivity index (χ1n) is 11.0. The van der Waals surface area contributed by atoms with Crippen LogP contribution in [0.15, 0.2) is 76.9 Å². The van der Waals surface area contributed by atoms with Crippen LogP contribution in [0, 0.1) is 13.8 Å². The maximum absolute atomic E-state index is 13.4. The largest absolute Gasteiger partial charge is 0.416 e. The molecular weight excluding hydrogens is 525 g/mol. The molecule has 5 rings (SSSR count). The van der Waals surface area contributed by atoms with Gasteiger partial charge in [-0.15, -0.1) is 21.5 Å². The van der Waals surface area contributed by atoms with E-state index in [0.29, 0.717) is 5.56 Å². The lowest BCUT2D eigenvalue weighted by Crippen LogP contribution is -2.22. The van der Waals surface area contributed by atoms with Gasteiger partial charge in [-0.3, -0.25) is 13.8 Å². The summed E-state index contributed by atoms with van der Waals surface area (Å²) < 4.78 is 68.9. The molecule has 0 aliphatic carbocycles. The van der Waals surface area contributed by atoms with E-state index < -0.39 is 32.3 Å². The molecule has 0 unspecified atom stereocenters. The fraction of sp³-hybridized carbons (Fsp3) is 0.160. The van der Waals surface area contributed by atoms with E-state index in [1.807, 2.05) is 31.2 Å². The third-order valence-electron chi connectivity index (χ3n) is 5.96. The zero-order chi connectivity index (χ0) is 26.5. The average molecular weight is 545 g/mol. The van der Waals surface area contributed by atoms with E-state index in [4.69, 9.17) is 0 Å². The number of hydrogen-bond acceptors (Lipinski definition) is 6. The topological polar surface area (TPSA) is 86.3 Å². The maximum atomic E-state index is 13.4. The zero-order valence-electron chi connectivity index (χ0n) is 19.5. The minimum Gasteiger partial charge on any atom is -0.279 e. The minimum absolute atomic E-state index is 0.00917. The number of thiophene rings is 1. The number of halogens is 3. The highest BCUT2D eigenvalue weighted by Crippen LogP contribution is 2.34. The average Bonchev–Trinajstić information content (AvgIpc) is 3.46. The summed E-state index contributed by atoms with van der Waals surface area (Å²) in [6.07, 6.45) is -2.12. The van der Waals surface area contributed by atoms with Gasteiger partial charge in [-0.05, 0) is 54.8 Å². The summed E-state index contributed by atoms with van der Waals surface area (Å²) in [5, 5.41) is 7.13. The van der Waals surface area contributed by atoms with Gasteiger partial charge in [0.15, 0.2) is 0 Å². The SMILES string of the molecule is Cc1ccc(-c2ccccc2CS(=O)(=O)c2nnc3c(=O)n(-c4cccc(C(F)(F)F)c4C)ccn23)s1. The second-order valence-electron chi connectivity index (χ2n) is 8.42. The highest BCUT2D eigenvalue weighted by atomic mass is 32.2. The molecule has 0 N–H and O–H groups in total. The van der Waals surface area contributed by atoms with Crippen LogP contribution in [-0.2, 0) is 21.8 Å². The van der Waals surface area contributed by atoms with E-state index in [1.165, 1.54) is 31.5 Å². The summed E-state index contributed by atoms with van der Waals surface area (Å²) in [5.74, 6) is -0.378. The van der Waals surface area contributed by atoms with Crippen molar-refractivity contribution in [2.75, 3.05) is 0 Å². The van der Waals surface area contributed by atoms with Crippen molar-refractivity contribution in [1.82, 2.24) is 19.2 Å². The highest BCUT2D eigenvalue weighted by molar-refractivity contribution is 7.90. The molecule has 0 fully saturated rings. The number of benzene rings is 2. The lowest BCUT2D eigenvalue weighted by Gasteiger charge is -2.15. The van der Waals surface area contributed by atoms with Crippen molar-refractivity contribution in [3.05, 3.63) is 98.9 Å². The van der Waals surface area contributed by atoms with E-state index in [0.717, 1.165) is 30.4 Å². The first kappa shape index (κ1) is 24.9. The van der Waals surface area contributed by atoms with Gasteiger partial charge >= 0.3 is 11.7 Å².